The highest BCUT2D eigenvalue weighted by Gasteiger charge is 1.99. The summed E-state index contributed by atoms with van der Waals surface area (Å²) >= 11 is 0. The Balaban J connectivity index is 2.75. The van der Waals surface area contributed by atoms with E-state index in [4.69, 9.17) is 0 Å². The Morgan fingerprint density at radius 1 is 1.50 bits per heavy atom. The fourth-order valence-corrected chi connectivity index (χ4v) is 0.780. The lowest BCUT2D eigenvalue weighted by Gasteiger charge is -2.07. The molecule has 1 atom stereocenters. The highest BCUT2D eigenvalue weighted by molar-refractivity contribution is 5.07. The van der Waals surface area contributed by atoms with Crippen LogP contribution in [-0.4, -0.2) is 12.0 Å². The van der Waals surface area contributed by atoms with Gasteiger partial charge in [0.25, 0.3) is 0 Å². The minimum absolute atomic E-state index is 0.348. The van der Waals surface area contributed by atoms with Gasteiger partial charge in [-0.1, -0.05) is 6.07 Å². The molecule has 0 aliphatic carbocycles. The molecule has 54 valence electrons. The van der Waals surface area contributed by atoms with Crippen molar-refractivity contribution in [3.63, 3.8) is 0 Å². The Bertz CT molecular complexity index is 184. The van der Waals surface area contributed by atoms with Crippen molar-refractivity contribution in [3.8, 4) is 0 Å². The third-order valence-electron chi connectivity index (χ3n) is 1.56. The van der Waals surface area contributed by atoms with Crippen LogP contribution in [-0.2, 0) is 0 Å². The Kier molecular flexibility index (Phi) is 2.40. The molecular weight excluding hydrogens is 124 g/mol. The van der Waals surface area contributed by atoms with Crippen molar-refractivity contribution >= 4 is 0 Å². The first-order valence-corrected chi connectivity index (χ1v) is 3.43. The third-order valence-corrected chi connectivity index (χ3v) is 1.56. The molecule has 0 unspecified atom stereocenters. The van der Waals surface area contributed by atoms with E-state index in [0.29, 0.717) is 6.04 Å². The summed E-state index contributed by atoms with van der Waals surface area (Å²) in [6, 6.07) is 6.28. The summed E-state index contributed by atoms with van der Waals surface area (Å²) in [5.41, 5.74) is 1.09. The average molecular weight is 136 g/mol. The zero-order valence-corrected chi connectivity index (χ0v) is 6.33. The van der Waals surface area contributed by atoms with Crippen LogP contribution in [0.15, 0.2) is 24.4 Å². The van der Waals surface area contributed by atoms with E-state index in [0.717, 1.165) is 5.69 Å². The molecule has 0 saturated carbocycles. The monoisotopic (exact) mass is 136 g/mol. The second kappa shape index (κ2) is 3.32. The van der Waals surface area contributed by atoms with Crippen LogP contribution < -0.4 is 5.32 Å². The molecule has 0 aromatic carbocycles. The molecule has 0 spiro atoms. The molecule has 0 aliphatic rings. The van der Waals surface area contributed by atoms with Gasteiger partial charge in [0, 0.05) is 12.2 Å². The molecule has 0 bridgehead atoms. The maximum Gasteiger partial charge on any atom is 0.0570 e. The van der Waals surface area contributed by atoms with Crippen molar-refractivity contribution in [3.05, 3.63) is 30.1 Å². The average Bonchev–Trinajstić information content (AvgIpc) is 2.05. The smallest absolute Gasteiger partial charge is 0.0570 e. The van der Waals surface area contributed by atoms with Gasteiger partial charge in [-0.3, -0.25) is 4.98 Å². The number of nitrogens with one attached hydrogen (secondary N) is 1. The van der Waals surface area contributed by atoms with Gasteiger partial charge in [0.1, 0.15) is 0 Å². The molecule has 1 heterocycles. The normalized spacial score (nSPS) is 13.0. The lowest BCUT2D eigenvalue weighted by Crippen LogP contribution is -2.13. The number of rotatable bonds is 2. The van der Waals surface area contributed by atoms with Crippen LogP contribution in [0.1, 0.15) is 18.7 Å². The Morgan fingerprint density at radius 3 is 2.80 bits per heavy atom. The van der Waals surface area contributed by atoms with Gasteiger partial charge < -0.3 is 5.32 Å². The van der Waals surface area contributed by atoms with E-state index in [1.807, 2.05) is 31.4 Å². The molecular formula is C8H12N2. The van der Waals surface area contributed by atoms with Crippen molar-refractivity contribution in [2.24, 2.45) is 0 Å². The lowest BCUT2D eigenvalue weighted by molar-refractivity contribution is 0.633. The minimum Gasteiger partial charge on any atom is -0.312 e. The van der Waals surface area contributed by atoms with Gasteiger partial charge in [-0.15, -0.1) is 0 Å². The topological polar surface area (TPSA) is 24.9 Å². The van der Waals surface area contributed by atoms with Crippen LogP contribution in [0, 0.1) is 0 Å². The number of hydrogen-bond acceptors (Lipinski definition) is 2. The van der Waals surface area contributed by atoms with E-state index in [9.17, 15) is 0 Å². The SMILES string of the molecule is CN[C@H](C)c1ccccn1. The van der Waals surface area contributed by atoms with Gasteiger partial charge in [0.2, 0.25) is 0 Å². The Hall–Kier alpha value is -0.890. The highest BCUT2D eigenvalue weighted by Crippen LogP contribution is 2.05. The first-order valence-electron chi connectivity index (χ1n) is 3.43. The number of pyridine rings is 1. The summed E-state index contributed by atoms with van der Waals surface area (Å²) in [6.45, 7) is 2.09. The van der Waals surface area contributed by atoms with Crippen LogP contribution in [0.4, 0.5) is 0 Å². The van der Waals surface area contributed by atoms with Crippen molar-refractivity contribution in [1.29, 1.82) is 0 Å². The quantitative estimate of drug-likeness (QED) is 0.664. The van der Waals surface area contributed by atoms with E-state index < -0.39 is 0 Å². The summed E-state index contributed by atoms with van der Waals surface area (Å²) in [4.78, 5) is 4.19. The molecule has 0 amide bonds. The molecule has 0 saturated heterocycles. The van der Waals surface area contributed by atoms with E-state index in [1.165, 1.54) is 0 Å². The predicted octanol–water partition coefficient (Wildman–Crippen LogP) is 1.36. The number of nitrogens with zero attached hydrogens (tertiary/aromatic N) is 1. The van der Waals surface area contributed by atoms with E-state index in [2.05, 4.69) is 17.2 Å². The fourth-order valence-electron chi connectivity index (χ4n) is 0.780. The fraction of sp³-hybridized carbons (Fsp3) is 0.375. The second-order valence-electron chi connectivity index (χ2n) is 2.26. The van der Waals surface area contributed by atoms with Gasteiger partial charge in [-0.2, -0.15) is 0 Å². The molecule has 0 fully saturated rings. The molecule has 0 radical (unpaired) electrons. The standard InChI is InChI=1S/C8H12N2/c1-7(9-2)8-5-3-4-6-10-8/h3-7,9H,1-2H3/t7-/m1/s1. The van der Waals surface area contributed by atoms with Crippen LogP contribution in [0.3, 0.4) is 0 Å². The zero-order chi connectivity index (χ0) is 7.40. The number of aromatic nitrogens is 1. The summed E-state index contributed by atoms with van der Waals surface area (Å²) in [7, 11) is 1.93. The van der Waals surface area contributed by atoms with Gasteiger partial charge in [-0.05, 0) is 26.1 Å². The van der Waals surface area contributed by atoms with Crippen molar-refractivity contribution < 1.29 is 0 Å². The van der Waals surface area contributed by atoms with Crippen molar-refractivity contribution in [2.75, 3.05) is 7.05 Å². The first kappa shape index (κ1) is 7.22. The van der Waals surface area contributed by atoms with Gasteiger partial charge in [-0.25, -0.2) is 0 Å². The van der Waals surface area contributed by atoms with Crippen LogP contribution in [0.25, 0.3) is 0 Å². The molecule has 2 nitrogen and oxygen atoms in total. The summed E-state index contributed by atoms with van der Waals surface area (Å²) in [6.07, 6.45) is 1.81. The summed E-state index contributed by atoms with van der Waals surface area (Å²) in [5, 5.41) is 3.12. The molecule has 0 aliphatic heterocycles. The zero-order valence-electron chi connectivity index (χ0n) is 6.33. The third kappa shape index (κ3) is 1.54. The highest BCUT2D eigenvalue weighted by atomic mass is 14.9. The molecule has 1 N–H and O–H groups in total. The molecule has 10 heavy (non-hydrogen) atoms. The van der Waals surface area contributed by atoms with Gasteiger partial charge in [0.05, 0.1) is 5.69 Å². The second-order valence-corrected chi connectivity index (χ2v) is 2.26. The minimum atomic E-state index is 0.348. The summed E-state index contributed by atoms with van der Waals surface area (Å²) in [5.74, 6) is 0. The summed E-state index contributed by atoms with van der Waals surface area (Å²) < 4.78 is 0. The van der Waals surface area contributed by atoms with Gasteiger partial charge in [0.15, 0.2) is 0 Å². The molecule has 2 heteroatoms. The maximum absolute atomic E-state index is 4.19. The molecule has 1 aromatic rings. The van der Waals surface area contributed by atoms with Crippen LogP contribution >= 0.6 is 0 Å². The number of hydrogen-bond donors (Lipinski definition) is 1. The molecule has 1 rings (SSSR count). The van der Waals surface area contributed by atoms with Crippen LogP contribution in [0.2, 0.25) is 0 Å². The van der Waals surface area contributed by atoms with Crippen molar-refractivity contribution in [2.45, 2.75) is 13.0 Å². The molecule has 1 aromatic heterocycles. The predicted molar refractivity (Wildman–Crippen MR) is 41.7 cm³/mol. The van der Waals surface area contributed by atoms with E-state index in [1.54, 1.807) is 0 Å². The maximum atomic E-state index is 4.19. The van der Waals surface area contributed by atoms with Crippen molar-refractivity contribution in [1.82, 2.24) is 10.3 Å². The van der Waals surface area contributed by atoms with E-state index >= 15 is 0 Å². The lowest BCUT2D eigenvalue weighted by atomic mass is 10.2. The Labute approximate surface area is 61.3 Å². The van der Waals surface area contributed by atoms with E-state index in [-0.39, 0.29) is 0 Å². The first-order chi connectivity index (χ1) is 4.84. The largest absolute Gasteiger partial charge is 0.312 e. The Morgan fingerprint density at radius 2 is 2.30 bits per heavy atom. The van der Waals surface area contributed by atoms with Crippen LogP contribution in [0.5, 0.6) is 0 Å². The van der Waals surface area contributed by atoms with Gasteiger partial charge >= 0.3 is 0 Å².